The fourth-order valence-corrected chi connectivity index (χ4v) is 2.02. The molecule has 6 heteroatoms. The van der Waals surface area contributed by atoms with Crippen molar-refractivity contribution >= 4 is 0 Å². The van der Waals surface area contributed by atoms with E-state index in [0.29, 0.717) is 23.1 Å². The zero-order valence-electron chi connectivity index (χ0n) is 12.5. The second-order valence-corrected chi connectivity index (χ2v) is 5.40. The Kier molecular flexibility index (Phi) is 4.90. The number of rotatable bonds is 6. The second-order valence-electron chi connectivity index (χ2n) is 5.40. The van der Waals surface area contributed by atoms with Gasteiger partial charge >= 0.3 is 0 Å². The van der Waals surface area contributed by atoms with Crippen LogP contribution in [0.4, 0.5) is 4.39 Å². The molecule has 0 amide bonds. The third-order valence-electron chi connectivity index (χ3n) is 3.01. The summed E-state index contributed by atoms with van der Waals surface area (Å²) in [6, 6.07) is 4.10. The Bertz CT molecular complexity index is 596. The first-order valence-corrected chi connectivity index (χ1v) is 6.94. The van der Waals surface area contributed by atoms with Gasteiger partial charge < -0.3 is 9.84 Å². The number of hydrogen-bond acceptors (Lipinski definition) is 4. The van der Waals surface area contributed by atoms with Gasteiger partial charge in [-0.2, -0.15) is 5.10 Å². The fraction of sp³-hybridized carbons (Fsp3) is 0.467. The third kappa shape index (κ3) is 4.01. The number of ether oxygens (including phenoxy) is 1. The summed E-state index contributed by atoms with van der Waals surface area (Å²) in [4.78, 5) is 4.17. The fourth-order valence-electron chi connectivity index (χ4n) is 2.02. The van der Waals surface area contributed by atoms with Crippen LogP contribution in [0.2, 0.25) is 0 Å². The quantitative estimate of drug-likeness (QED) is 0.889. The van der Waals surface area contributed by atoms with E-state index in [-0.39, 0.29) is 6.61 Å². The minimum absolute atomic E-state index is 0.220. The summed E-state index contributed by atoms with van der Waals surface area (Å²) in [6.07, 6.45) is 0.686. The predicted octanol–water partition coefficient (Wildman–Crippen LogP) is 2.71. The predicted molar refractivity (Wildman–Crippen MR) is 76.2 cm³/mol. The van der Waals surface area contributed by atoms with Crippen molar-refractivity contribution in [2.75, 3.05) is 0 Å². The number of benzene rings is 1. The van der Waals surface area contributed by atoms with Crippen LogP contribution >= 0.6 is 0 Å². The largest absolute Gasteiger partial charge is 0.485 e. The summed E-state index contributed by atoms with van der Waals surface area (Å²) < 4.78 is 20.7. The highest BCUT2D eigenvalue weighted by atomic mass is 19.1. The van der Waals surface area contributed by atoms with Crippen molar-refractivity contribution in [3.63, 3.8) is 0 Å². The summed E-state index contributed by atoms with van der Waals surface area (Å²) >= 11 is 0. The van der Waals surface area contributed by atoms with E-state index in [1.165, 1.54) is 24.5 Å². The highest BCUT2D eigenvalue weighted by molar-refractivity contribution is 5.35. The molecule has 2 rings (SSSR count). The molecule has 0 saturated heterocycles. The molecule has 0 aliphatic heterocycles. The van der Waals surface area contributed by atoms with E-state index in [2.05, 4.69) is 23.9 Å². The topological polar surface area (TPSA) is 60.2 Å². The normalized spacial score (nSPS) is 12.7. The molecule has 1 atom stereocenters. The number of halogens is 1. The van der Waals surface area contributed by atoms with Gasteiger partial charge in [0, 0.05) is 12.1 Å². The first-order valence-electron chi connectivity index (χ1n) is 6.94. The van der Waals surface area contributed by atoms with Crippen molar-refractivity contribution in [3.05, 3.63) is 41.7 Å². The van der Waals surface area contributed by atoms with Crippen LogP contribution in [0.5, 0.6) is 5.75 Å². The Morgan fingerprint density at radius 3 is 2.76 bits per heavy atom. The first kappa shape index (κ1) is 15.4. The van der Waals surface area contributed by atoms with Crippen LogP contribution in [0.25, 0.3) is 0 Å². The van der Waals surface area contributed by atoms with E-state index in [4.69, 9.17) is 4.74 Å². The minimum Gasteiger partial charge on any atom is -0.485 e. The van der Waals surface area contributed by atoms with Gasteiger partial charge in [-0.05, 0) is 31.0 Å². The molecule has 114 valence electrons. The smallest absolute Gasteiger partial charge is 0.164 e. The summed E-state index contributed by atoms with van der Waals surface area (Å²) in [5.74, 6) is 1.19. The Labute approximate surface area is 123 Å². The second kappa shape index (κ2) is 6.67. The Balaban J connectivity index is 2.12. The van der Waals surface area contributed by atoms with Crippen LogP contribution in [0.3, 0.4) is 0 Å². The van der Waals surface area contributed by atoms with Crippen LogP contribution in [0.15, 0.2) is 24.5 Å². The number of aliphatic hydroxyl groups excluding tert-OH is 1. The van der Waals surface area contributed by atoms with Crippen LogP contribution in [0.1, 0.15) is 38.3 Å². The molecule has 0 radical (unpaired) electrons. The molecule has 0 aliphatic rings. The molecular formula is C15H20FN3O2. The molecular weight excluding hydrogens is 273 g/mol. The Morgan fingerprint density at radius 2 is 2.10 bits per heavy atom. The van der Waals surface area contributed by atoms with Crippen molar-refractivity contribution in [3.8, 4) is 5.75 Å². The maximum Gasteiger partial charge on any atom is 0.164 e. The highest BCUT2D eigenvalue weighted by Crippen LogP contribution is 2.26. The Hall–Kier alpha value is -1.95. The molecule has 0 spiro atoms. The van der Waals surface area contributed by atoms with Crippen LogP contribution in [-0.4, -0.2) is 19.9 Å². The lowest BCUT2D eigenvalue weighted by atomic mass is 10.1. The van der Waals surface area contributed by atoms with E-state index < -0.39 is 11.9 Å². The molecule has 0 bridgehead atoms. The molecule has 1 N–H and O–H groups in total. The summed E-state index contributed by atoms with van der Waals surface area (Å²) in [5.41, 5.74) is 0.421. The van der Waals surface area contributed by atoms with Gasteiger partial charge in [-0.25, -0.2) is 14.1 Å². The number of aromatic nitrogens is 3. The zero-order chi connectivity index (χ0) is 15.4. The van der Waals surface area contributed by atoms with Crippen molar-refractivity contribution in [2.24, 2.45) is 5.92 Å². The lowest BCUT2D eigenvalue weighted by molar-refractivity contribution is 0.188. The molecule has 2 aromatic rings. The summed E-state index contributed by atoms with van der Waals surface area (Å²) in [6.45, 7) is 6.74. The van der Waals surface area contributed by atoms with Gasteiger partial charge in [-0.1, -0.05) is 13.8 Å². The van der Waals surface area contributed by atoms with Gasteiger partial charge in [0.15, 0.2) is 5.82 Å². The van der Waals surface area contributed by atoms with E-state index in [1.807, 2.05) is 0 Å². The van der Waals surface area contributed by atoms with Gasteiger partial charge in [-0.15, -0.1) is 0 Å². The van der Waals surface area contributed by atoms with Crippen molar-refractivity contribution < 1.29 is 14.2 Å². The lowest BCUT2D eigenvalue weighted by Crippen LogP contribution is -2.13. The first-order chi connectivity index (χ1) is 9.97. The standard InChI is InChI=1S/C15H20FN3O2/c1-10(2)7-19-15(17-9-18-19)8-21-14-5-4-12(16)6-13(14)11(3)20/h4-6,9-11,20H,7-8H2,1-3H3. The number of aliphatic hydroxyl groups is 1. The molecule has 21 heavy (non-hydrogen) atoms. The average Bonchev–Trinajstić information content (AvgIpc) is 2.83. The monoisotopic (exact) mass is 293 g/mol. The summed E-state index contributed by atoms with van der Waals surface area (Å²) in [5, 5.41) is 13.8. The minimum atomic E-state index is -0.802. The van der Waals surface area contributed by atoms with Gasteiger partial charge in [0.2, 0.25) is 0 Å². The molecule has 1 aromatic carbocycles. The molecule has 5 nitrogen and oxygen atoms in total. The molecule has 0 aliphatic carbocycles. The van der Waals surface area contributed by atoms with Crippen LogP contribution in [-0.2, 0) is 13.2 Å². The number of nitrogens with zero attached hydrogens (tertiary/aromatic N) is 3. The summed E-state index contributed by atoms with van der Waals surface area (Å²) in [7, 11) is 0. The van der Waals surface area contributed by atoms with E-state index in [1.54, 1.807) is 11.6 Å². The van der Waals surface area contributed by atoms with Gasteiger partial charge in [0.25, 0.3) is 0 Å². The molecule has 1 heterocycles. The molecule has 0 saturated carbocycles. The lowest BCUT2D eigenvalue weighted by Gasteiger charge is -2.14. The third-order valence-corrected chi connectivity index (χ3v) is 3.01. The van der Waals surface area contributed by atoms with Crippen molar-refractivity contribution in [1.82, 2.24) is 14.8 Å². The molecule has 1 unspecified atom stereocenters. The van der Waals surface area contributed by atoms with Crippen molar-refractivity contribution in [1.29, 1.82) is 0 Å². The SMILES string of the molecule is CC(C)Cn1ncnc1COc1ccc(F)cc1C(C)O. The maximum atomic E-state index is 13.2. The van der Waals surface area contributed by atoms with E-state index in [9.17, 15) is 9.50 Å². The zero-order valence-corrected chi connectivity index (χ0v) is 12.5. The van der Waals surface area contributed by atoms with Crippen molar-refractivity contribution in [2.45, 2.75) is 40.0 Å². The Morgan fingerprint density at radius 1 is 1.33 bits per heavy atom. The van der Waals surface area contributed by atoms with Gasteiger partial charge in [0.1, 0.15) is 24.5 Å². The van der Waals surface area contributed by atoms with Crippen LogP contribution in [0, 0.1) is 11.7 Å². The highest BCUT2D eigenvalue weighted by Gasteiger charge is 2.13. The maximum absolute atomic E-state index is 13.2. The van der Waals surface area contributed by atoms with E-state index in [0.717, 1.165) is 6.54 Å². The van der Waals surface area contributed by atoms with Gasteiger partial charge in [0.05, 0.1) is 6.10 Å². The van der Waals surface area contributed by atoms with Crippen LogP contribution < -0.4 is 4.74 Å². The van der Waals surface area contributed by atoms with Gasteiger partial charge in [-0.3, -0.25) is 0 Å². The molecule has 1 aromatic heterocycles. The number of hydrogen-bond donors (Lipinski definition) is 1. The average molecular weight is 293 g/mol. The van der Waals surface area contributed by atoms with E-state index >= 15 is 0 Å². The molecule has 0 fully saturated rings.